The summed E-state index contributed by atoms with van der Waals surface area (Å²) in [4.78, 5) is 23.7. The minimum Gasteiger partial charge on any atom is -0.493 e. The zero-order valence-electron chi connectivity index (χ0n) is 13.7. The average molecular weight is 321 g/mol. The van der Waals surface area contributed by atoms with Gasteiger partial charge < -0.3 is 25.4 Å². The van der Waals surface area contributed by atoms with Crippen LogP contribution in [0.4, 0.5) is 5.69 Å². The molecule has 0 saturated carbocycles. The SMILES string of the molecule is COc1cc(C(=O)NCC2CCCN2)cc(NC(C)=O)c1OC. The molecule has 3 N–H and O–H groups in total. The van der Waals surface area contributed by atoms with Crippen LogP contribution in [0, 0.1) is 0 Å². The number of benzene rings is 1. The third-order valence-electron chi connectivity index (χ3n) is 3.72. The third-order valence-corrected chi connectivity index (χ3v) is 3.72. The molecule has 1 saturated heterocycles. The van der Waals surface area contributed by atoms with E-state index in [1.54, 1.807) is 12.1 Å². The smallest absolute Gasteiger partial charge is 0.251 e. The van der Waals surface area contributed by atoms with Gasteiger partial charge in [0.05, 0.1) is 19.9 Å². The number of hydrogen-bond donors (Lipinski definition) is 3. The van der Waals surface area contributed by atoms with Gasteiger partial charge in [0.1, 0.15) is 0 Å². The quantitative estimate of drug-likeness (QED) is 0.731. The molecule has 2 rings (SSSR count). The van der Waals surface area contributed by atoms with E-state index in [9.17, 15) is 9.59 Å². The van der Waals surface area contributed by atoms with E-state index in [1.807, 2.05) is 0 Å². The normalized spacial score (nSPS) is 16.7. The van der Waals surface area contributed by atoms with Crippen LogP contribution in [-0.4, -0.2) is 45.2 Å². The first-order valence-corrected chi connectivity index (χ1v) is 7.60. The second-order valence-electron chi connectivity index (χ2n) is 5.44. The first-order chi connectivity index (χ1) is 11.0. The van der Waals surface area contributed by atoms with E-state index in [2.05, 4.69) is 16.0 Å². The van der Waals surface area contributed by atoms with Crippen LogP contribution in [0.1, 0.15) is 30.1 Å². The Hall–Kier alpha value is -2.28. The molecule has 1 unspecified atom stereocenters. The summed E-state index contributed by atoms with van der Waals surface area (Å²) >= 11 is 0. The summed E-state index contributed by atoms with van der Waals surface area (Å²) in [6, 6.07) is 3.50. The molecule has 0 bridgehead atoms. The van der Waals surface area contributed by atoms with E-state index in [1.165, 1.54) is 21.1 Å². The van der Waals surface area contributed by atoms with Crippen LogP contribution >= 0.6 is 0 Å². The maximum atomic E-state index is 12.4. The molecule has 7 heteroatoms. The summed E-state index contributed by atoms with van der Waals surface area (Å²) in [5.41, 5.74) is 0.813. The van der Waals surface area contributed by atoms with Gasteiger partial charge in [0.25, 0.3) is 5.91 Å². The summed E-state index contributed by atoms with van der Waals surface area (Å²) in [6.07, 6.45) is 2.19. The summed E-state index contributed by atoms with van der Waals surface area (Å²) in [5.74, 6) is 0.309. The van der Waals surface area contributed by atoms with Gasteiger partial charge in [-0.3, -0.25) is 9.59 Å². The number of anilines is 1. The van der Waals surface area contributed by atoms with E-state index in [4.69, 9.17) is 9.47 Å². The lowest BCUT2D eigenvalue weighted by molar-refractivity contribution is -0.114. The molecule has 1 aromatic rings. The third kappa shape index (κ3) is 4.35. The van der Waals surface area contributed by atoms with Crippen molar-refractivity contribution in [1.29, 1.82) is 0 Å². The van der Waals surface area contributed by atoms with Gasteiger partial charge in [-0.05, 0) is 31.5 Å². The molecule has 1 heterocycles. The van der Waals surface area contributed by atoms with Gasteiger partial charge in [-0.15, -0.1) is 0 Å². The summed E-state index contributed by atoms with van der Waals surface area (Å²) in [7, 11) is 2.97. The molecule has 1 fully saturated rings. The van der Waals surface area contributed by atoms with Crippen LogP contribution in [0.5, 0.6) is 11.5 Å². The number of nitrogens with one attached hydrogen (secondary N) is 3. The Labute approximate surface area is 135 Å². The van der Waals surface area contributed by atoms with Crippen molar-refractivity contribution in [2.24, 2.45) is 0 Å². The number of methoxy groups -OCH3 is 2. The molecule has 1 aliphatic rings. The largest absolute Gasteiger partial charge is 0.493 e. The number of hydrogen-bond acceptors (Lipinski definition) is 5. The fraction of sp³-hybridized carbons (Fsp3) is 0.500. The molecular weight excluding hydrogens is 298 g/mol. The molecule has 126 valence electrons. The Bertz CT molecular complexity index is 583. The highest BCUT2D eigenvalue weighted by Gasteiger charge is 2.19. The summed E-state index contributed by atoms with van der Waals surface area (Å²) in [6.45, 7) is 2.96. The van der Waals surface area contributed by atoms with Crippen LogP contribution in [0.25, 0.3) is 0 Å². The number of rotatable bonds is 6. The standard InChI is InChI=1S/C16H23N3O4/c1-10(20)19-13-7-11(8-14(22-2)15(13)23-3)16(21)18-9-12-5-4-6-17-12/h7-8,12,17H,4-6,9H2,1-3H3,(H,18,21)(H,19,20). The zero-order valence-corrected chi connectivity index (χ0v) is 13.7. The monoisotopic (exact) mass is 321 g/mol. The van der Waals surface area contributed by atoms with Crippen molar-refractivity contribution < 1.29 is 19.1 Å². The van der Waals surface area contributed by atoms with Crippen molar-refractivity contribution in [1.82, 2.24) is 10.6 Å². The average Bonchev–Trinajstić information content (AvgIpc) is 3.04. The van der Waals surface area contributed by atoms with Crippen molar-refractivity contribution in [2.45, 2.75) is 25.8 Å². The fourth-order valence-corrected chi connectivity index (χ4v) is 2.63. The summed E-state index contributed by atoms with van der Waals surface area (Å²) < 4.78 is 10.5. The van der Waals surface area contributed by atoms with E-state index in [0.717, 1.165) is 19.4 Å². The van der Waals surface area contributed by atoms with Crippen LogP contribution in [0.15, 0.2) is 12.1 Å². The molecule has 0 spiro atoms. The van der Waals surface area contributed by atoms with Gasteiger partial charge >= 0.3 is 0 Å². The molecule has 0 aromatic heterocycles. The zero-order chi connectivity index (χ0) is 16.8. The first kappa shape index (κ1) is 17.1. The molecule has 0 radical (unpaired) electrons. The lowest BCUT2D eigenvalue weighted by Gasteiger charge is -2.16. The minimum absolute atomic E-state index is 0.216. The molecular formula is C16H23N3O4. The lowest BCUT2D eigenvalue weighted by atomic mass is 10.1. The number of carbonyl (C=O) groups is 2. The van der Waals surface area contributed by atoms with E-state index in [0.29, 0.717) is 35.3 Å². The Balaban J connectivity index is 2.19. The highest BCUT2D eigenvalue weighted by molar-refractivity contribution is 5.99. The van der Waals surface area contributed by atoms with Gasteiger partial charge in [-0.1, -0.05) is 0 Å². The Morgan fingerprint density at radius 1 is 1.30 bits per heavy atom. The van der Waals surface area contributed by atoms with E-state index < -0.39 is 0 Å². The van der Waals surface area contributed by atoms with E-state index in [-0.39, 0.29) is 11.8 Å². The van der Waals surface area contributed by atoms with Crippen molar-refractivity contribution in [3.05, 3.63) is 17.7 Å². The molecule has 1 atom stereocenters. The predicted molar refractivity (Wildman–Crippen MR) is 87.2 cm³/mol. The van der Waals surface area contributed by atoms with Crippen LogP contribution in [-0.2, 0) is 4.79 Å². The lowest BCUT2D eigenvalue weighted by Crippen LogP contribution is -2.37. The van der Waals surface area contributed by atoms with Gasteiger partial charge in [-0.2, -0.15) is 0 Å². The summed E-state index contributed by atoms with van der Waals surface area (Å²) in [5, 5.41) is 8.88. The second kappa shape index (κ2) is 7.82. The second-order valence-corrected chi connectivity index (χ2v) is 5.44. The maximum Gasteiger partial charge on any atom is 0.251 e. The molecule has 0 aliphatic carbocycles. The Morgan fingerprint density at radius 3 is 2.65 bits per heavy atom. The van der Waals surface area contributed by atoms with Crippen LogP contribution in [0.3, 0.4) is 0 Å². The maximum absolute atomic E-state index is 12.4. The van der Waals surface area contributed by atoms with Crippen molar-refractivity contribution >= 4 is 17.5 Å². The highest BCUT2D eigenvalue weighted by atomic mass is 16.5. The number of ether oxygens (including phenoxy) is 2. The Kier molecular flexibility index (Phi) is 5.81. The molecule has 23 heavy (non-hydrogen) atoms. The van der Waals surface area contributed by atoms with Crippen molar-refractivity contribution in [3.63, 3.8) is 0 Å². The first-order valence-electron chi connectivity index (χ1n) is 7.60. The minimum atomic E-state index is -0.252. The van der Waals surface area contributed by atoms with Crippen molar-refractivity contribution in [2.75, 3.05) is 32.6 Å². The molecule has 1 aliphatic heterocycles. The van der Waals surface area contributed by atoms with Gasteiger partial charge in [0.2, 0.25) is 5.91 Å². The van der Waals surface area contributed by atoms with Gasteiger partial charge in [-0.25, -0.2) is 0 Å². The van der Waals surface area contributed by atoms with Crippen LogP contribution < -0.4 is 25.4 Å². The number of carbonyl (C=O) groups excluding carboxylic acids is 2. The van der Waals surface area contributed by atoms with Gasteiger partial charge in [0, 0.05) is 25.1 Å². The van der Waals surface area contributed by atoms with Crippen molar-refractivity contribution in [3.8, 4) is 11.5 Å². The number of amides is 2. The van der Waals surface area contributed by atoms with E-state index >= 15 is 0 Å². The highest BCUT2D eigenvalue weighted by Crippen LogP contribution is 2.36. The molecule has 2 amide bonds. The topological polar surface area (TPSA) is 88.7 Å². The fourth-order valence-electron chi connectivity index (χ4n) is 2.63. The predicted octanol–water partition coefficient (Wildman–Crippen LogP) is 1.14. The molecule has 1 aromatic carbocycles. The Morgan fingerprint density at radius 2 is 2.09 bits per heavy atom. The molecule has 7 nitrogen and oxygen atoms in total. The van der Waals surface area contributed by atoms with Crippen LogP contribution in [0.2, 0.25) is 0 Å². The van der Waals surface area contributed by atoms with Gasteiger partial charge in [0.15, 0.2) is 11.5 Å².